The van der Waals surface area contributed by atoms with Gasteiger partial charge in [0.1, 0.15) is 5.75 Å². The number of nitrogens with zero attached hydrogens (tertiary/aromatic N) is 2. The van der Waals surface area contributed by atoms with Crippen molar-refractivity contribution in [3.63, 3.8) is 0 Å². The molecule has 4 heterocycles. The number of fused-ring (bicyclic) bond motifs is 4. The van der Waals surface area contributed by atoms with Crippen LogP contribution in [0.2, 0.25) is 0 Å². The second kappa shape index (κ2) is 7.46. The minimum absolute atomic E-state index is 0. The molecular formula is C20H24FeN2O2. The van der Waals surface area contributed by atoms with Gasteiger partial charge in [-0.2, -0.15) is 0 Å². The Balaban J connectivity index is 0.00000182. The molecule has 4 nitrogen and oxygen atoms in total. The summed E-state index contributed by atoms with van der Waals surface area (Å²) < 4.78 is 5.35. The maximum atomic E-state index is 11.2. The number of methoxy groups -OCH3 is 1. The topological polar surface area (TPSA) is 45.6 Å². The molecule has 2 aromatic rings. The Labute approximate surface area is 159 Å². The summed E-state index contributed by atoms with van der Waals surface area (Å²) >= 11 is 0. The van der Waals surface area contributed by atoms with E-state index in [1.165, 1.54) is 6.42 Å². The van der Waals surface area contributed by atoms with Crippen molar-refractivity contribution in [3.8, 4) is 5.75 Å². The minimum atomic E-state index is -0.504. The third-order valence-electron chi connectivity index (χ3n) is 5.82. The Kier molecular flexibility index (Phi) is 5.49. The first-order valence-corrected chi connectivity index (χ1v) is 8.68. The van der Waals surface area contributed by atoms with E-state index in [1.807, 2.05) is 24.3 Å². The van der Waals surface area contributed by atoms with Crippen LogP contribution in [0.15, 0.2) is 43.1 Å². The SMILES string of the molecule is C=C[C@H]1CN2CCC1C[C@H]2[C@@H](O)c1ccnc2ccc(OC)cc12.[Fe]. The maximum absolute atomic E-state index is 11.2. The molecule has 25 heavy (non-hydrogen) atoms. The van der Waals surface area contributed by atoms with Gasteiger partial charge in [-0.05, 0) is 61.1 Å². The molecule has 5 atom stereocenters. The number of hydrogen-bond donors (Lipinski definition) is 1. The van der Waals surface area contributed by atoms with Crippen molar-refractivity contribution >= 4 is 10.9 Å². The summed E-state index contributed by atoms with van der Waals surface area (Å²) in [6.07, 6.45) is 5.62. The molecule has 3 fully saturated rings. The summed E-state index contributed by atoms with van der Waals surface area (Å²) in [4.78, 5) is 6.86. The molecule has 3 aliphatic heterocycles. The number of benzene rings is 1. The van der Waals surface area contributed by atoms with Crippen molar-refractivity contribution in [1.29, 1.82) is 0 Å². The van der Waals surface area contributed by atoms with E-state index in [9.17, 15) is 5.11 Å². The standard InChI is InChI=1S/C20H24N2O2.Fe/c1-3-13-12-22-9-7-14(13)10-19(22)20(23)16-6-8-21-18-5-4-15(24-2)11-17(16)18;/h3-6,8,11,13-14,19-20,23H,1,7,9-10,12H2,2H3;/t13-,14?,19-,20-;/m0./s1. The zero-order valence-electron chi connectivity index (χ0n) is 14.4. The average Bonchev–Trinajstić information content (AvgIpc) is 2.66. The van der Waals surface area contributed by atoms with E-state index in [2.05, 4.69) is 22.5 Å². The van der Waals surface area contributed by atoms with E-state index in [0.717, 1.165) is 41.7 Å². The van der Waals surface area contributed by atoms with Crippen molar-refractivity contribution in [2.45, 2.75) is 25.0 Å². The molecule has 2 bridgehead atoms. The molecule has 3 aliphatic rings. The smallest absolute Gasteiger partial charge is 0.119 e. The summed E-state index contributed by atoms with van der Waals surface area (Å²) in [5.41, 5.74) is 1.85. The molecule has 1 N–H and O–H groups in total. The first kappa shape index (κ1) is 18.4. The molecule has 1 aromatic carbocycles. The molecule has 1 aromatic heterocycles. The van der Waals surface area contributed by atoms with Gasteiger partial charge in [0, 0.05) is 41.2 Å². The zero-order chi connectivity index (χ0) is 16.7. The third kappa shape index (κ3) is 3.22. The van der Waals surface area contributed by atoms with Crippen LogP contribution in [0.4, 0.5) is 0 Å². The fourth-order valence-electron chi connectivity index (χ4n) is 4.44. The Morgan fingerprint density at radius 1 is 1.40 bits per heavy atom. The predicted molar refractivity (Wildman–Crippen MR) is 95.0 cm³/mol. The first-order chi connectivity index (χ1) is 11.7. The maximum Gasteiger partial charge on any atom is 0.119 e. The molecule has 0 radical (unpaired) electrons. The van der Waals surface area contributed by atoms with Crippen molar-refractivity contribution in [2.24, 2.45) is 11.8 Å². The molecule has 134 valence electrons. The zero-order valence-corrected chi connectivity index (χ0v) is 15.5. The second-order valence-electron chi connectivity index (χ2n) is 6.97. The number of rotatable bonds is 4. The molecule has 5 rings (SSSR count). The van der Waals surface area contributed by atoms with Gasteiger partial charge in [0.2, 0.25) is 0 Å². The molecule has 2 unspecified atom stereocenters. The van der Waals surface area contributed by atoms with E-state index in [-0.39, 0.29) is 23.1 Å². The van der Waals surface area contributed by atoms with E-state index in [4.69, 9.17) is 4.74 Å². The van der Waals surface area contributed by atoms with Crippen LogP contribution in [-0.2, 0) is 17.1 Å². The normalized spacial score (nSPS) is 29.0. The van der Waals surface area contributed by atoms with Gasteiger partial charge < -0.3 is 9.84 Å². The van der Waals surface area contributed by atoms with Gasteiger partial charge in [-0.25, -0.2) is 0 Å². The number of ether oxygens (including phenoxy) is 1. The fraction of sp³-hybridized carbons (Fsp3) is 0.450. The molecule has 0 spiro atoms. The molecule has 5 heteroatoms. The number of aliphatic hydroxyl groups excluding tert-OH is 1. The van der Waals surface area contributed by atoms with Crippen molar-refractivity contribution in [1.82, 2.24) is 9.88 Å². The number of aromatic nitrogens is 1. The van der Waals surface area contributed by atoms with Crippen LogP contribution in [-0.4, -0.2) is 41.2 Å². The molecular weight excluding hydrogens is 356 g/mol. The molecule has 0 aliphatic carbocycles. The fourth-order valence-corrected chi connectivity index (χ4v) is 4.44. The number of pyridine rings is 1. The van der Waals surface area contributed by atoms with Gasteiger partial charge in [-0.3, -0.25) is 9.88 Å². The summed E-state index contributed by atoms with van der Waals surface area (Å²) in [6.45, 7) is 6.07. The summed E-state index contributed by atoms with van der Waals surface area (Å²) in [6, 6.07) is 7.96. The largest absolute Gasteiger partial charge is 0.497 e. The van der Waals surface area contributed by atoms with E-state index >= 15 is 0 Å². The second-order valence-corrected chi connectivity index (χ2v) is 6.97. The quantitative estimate of drug-likeness (QED) is 0.654. The Morgan fingerprint density at radius 3 is 2.92 bits per heavy atom. The van der Waals surface area contributed by atoms with Crippen molar-refractivity contribution in [2.75, 3.05) is 20.2 Å². The summed E-state index contributed by atoms with van der Waals surface area (Å²) in [7, 11) is 1.66. The Hall–Kier alpha value is -1.39. The van der Waals surface area contributed by atoms with Crippen molar-refractivity contribution < 1.29 is 26.9 Å². The van der Waals surface area contributed by atoms with Crippen LogP contribution in [0.1, 0.15) is 24.5 Å². The Morgan fingerprint density at radius 2 is 2.24 bits per heavy atom. The summed E-state index contributed by atoms with van der Waals surface area (Å²) in [5, 5.41) is 12.1. The van der Waals surface area contributed by atoms with Gasteiger partial charge in [0.05, 0.1) is 18.7 Å². The minimum Gasteiger partial charge on any atom is -0.497 e. The van der Waals surface area contributed by atoms with Crippen LogP contribution in [0.25, 0.3) is 10.9 Å². The predicted octanol–water partition coefficient (Wildman–Crippen LogP) is 3.17. The van der Waals surface area contributed by atoms with Gasteiger partial charge in [0.25, 0.3) is 0 Å². The van der Waals surface area contributed by atoms with Crippen molar-refractivity contribution in [3.05, 3.63) is 48.7 Å². The number of aliphatic hydroxyl groups is 1. The van der Waals surface area contributed by atoms with Gasteiger partial charge in [-0.15, -0.1) is 6.58 Å². The van der Waals surface area contributed by atoms with Crippen LogP contribution in [0, 0.1) is 11.8 Å². The molecule has 0 amide bonds. The first-order valence-electron chi connectivity index (χ1n) is 8.68. The third-order valence-corrected chi connectivity index (χ3v) is 5.82. The van der Waals surface area contributed by atoms with Gasteiger partial charge >= 0.3 is 0 Å². The van der Waals surface area contributed by atoms with E-state index in [0.29, 0.717) is 11.8 Å². The average molecular weight is 380 g/mol. The van der Waals surface area contributed by atoms with Crippen LogP contribution in [0.5, 0.6) is 5.75 Å². The van der Waals surface area contributed by atoms with Crippen LogP contribution >= 0.6 is 0 Å². The van der Waals surface area contributed by atoms with E-state index < -0.39 is 6.10 Å². The van der Waals surface area contributed by atoms with Gasteiger partial charge in [0.15, 0.2) is 0 Å². The number of piperidine rings is 3. The Bertz CT molecular complexity index is 766. The summed E-state index contributed by atoms with van der Waals surface area (Å²) in [5.74, 6) is 2.01. The monoisotopic (exact) mass is 380 g/mol. The van der Waals surface area contributed by atoms with E-state index in [1.54, 1.807) is 13.3 Å². The molecule has 3 saturated heterocycles. The van der Waals surface area contributed by atoms with Gasteiger partial charge in [-0.1, -0.05) is 6.08 Å². The van der Waals surface area contributed by atoms with Crippen LogP contribution in [0.3, 0.4) is 0 Å². The number of hydrogen-bond acceptors (Lipinski definition) is 4. The van der Waals surface area contributed by atoms with Crippen LogP contribution < -0.4 is 4.74 Å². The molecule has 0 saturated carbocycles.